The summed E-state index contributed by atoms with van der Waals surface area (Å²) in [6.45, 7) is 0. The van der Waals surface area contributed by atoms with Crippen molar-refractivity contribution >= 4 is 27.7 Å². The third-order valence-corrected chi connectivity index (χ3v) is 3.27. The maximum atomic E-state index is 11.3. The highest BCUT2D eigenvalue weighted by atomic mass is 79.9. The zero-order valence-corrected chi connectivity index (χ0v) is 11.0. The molecule has 0 fully saturated rings. The molecule has 3 rings (SSSR count). The van der Waals surface area contributed by atoms with Crippen LogP contribution in [0.2, 0.25) is 0 Å². The number of carbonyl (C=O) groups is 1. The first-order valence-electron chi connectivity index (χ1n) is 5.48. The molecule has 2 aromatic heterocycles. The minimum absolute atomic E-state index is 0.619. The van der Waals surface area contributed by atoms with Crippen molar-refractivity contribution in [1.29, 1.82) is 0 Å². The van der Waals surface area contributed by atoms with E-state index < -0.39 is 0 Å². The Hall–Kier alpha value is -1.94. The van der Waals surface area contributed by atoms with Crippen LogP contribution in [0.25, 0.3) is 16.8 Å². The number of hydrogen-bond acceptors (Lipinski definition) is 2. The van der Waals surface area contributed by atoms with Crippen LogP contribution in [0, 0.1) is 0 Å². The lowest BCUT2D eigenvalue weighted by Crippen LogP contribution is -1.86. The van der Waals surface area contributed by atoms with Crippen LogP contribution in [0.15, 0.2) is 53.1 Å². The molecule has 0 aliphatic heterocycles. The van der Waals surface area contributed by atoms with E-state index in [2.05, 4.69) is 21.0 Å². The number of rotatable bonds is 2. The van der Waals surface area contributed by atoms with Gasteiger partial charge in [-0.3, -0.25) is 4.79 Å². The lowest BCUT2D eigenvalue weighted by Gasteiger charge is -1.95. The second-order valence-corrected chi connectivity index (χ2v) is 4.84. The van der Waals surface area contributed by atoms with Gasteiger partial charge in [-0.05, 0) is 28.1 Å². The maximum Gasteiger partial charge on any atom is 0.154 e. The summed E-state index contributed by atoms with van der Waals surface area (Å²) in [5.74, 6) is 0. The Kier molecular flexibility index (Phi) is 2.72. The Bertz CT molecular complexity index is 719. The second kappa shape index (κ2) is 4.38. The second-order valence-electron chi connectivity index (χ2n) is 3.92. The van der Waals surface area contributed by atoms with Crippen molar-refractivity contribution in [2.75, 3.05) is 0 Å². The Balaban J connectivity index is 2.33. The highest BCUT2D eigenvalue weighted by Crippen LogP contribution is 2.25. The maximum absolute atomic E-state index is 11.3. The lowest BCUT2D eigenvalue weighted by molar-refractivity contribution is 0.112. The topological polar surface area (TPSA) is 34.4 Å². The normalized spacial score (nSPS) is 10.7. The predicted octanol–water partition coefficient (Wildman–Crippen LogP) is 3.58. The van der Waals surface area contributed by atoms with Gasteiger partial charge in [0.2, 0.25) is 0 Å². The minimum atomic E-state index is 0.619. The van der Waals surface area contributed by atoms with E-state index in [1.807, 2.05) is 48.7 Å². The van der Waals surface area contributed by atoms with E-state index in [1.54, 1.807) is 4.52 Å². The summed E-state index contributed by atoms with van der Waals surface area (Å²) in [6.07, 6.45) is 2.70. The summed E-state index contributed by atoms with van der Waals surface area (Å²) >= 11 is 3.40. The van der Waals surface area contributed by atoms with Crippen LogP contribution in [-0.4, -0.2) is 15.9 Å². The third kappa shape index (κ3) is 1.75. The molecule has 18 heavy (non-hydrogen) atoms. The van der Waals surface area contributed by atoms with Gasteiger partial charge in [-0.15, -0.1) is 0 Å². The number of pyridine rings is 1. The first-order valence-corrected chi connectivity index (χ1v) is 6.27. The molecule has 0 saturated carbocycles. The monoisotopic (exact) mass is 300 g/mol. The Labute approximate surface area is 112 Å². The number of aldehydes is 1. The van der Waals surface area contributed by atoms with Crippen LogP contribution in [0.4, 0.5) is 0 Å². The van der Waals surface area contributed by atoms with E-state index >= 15 is 0 Å². The zero-order valence-electron chi connectivity index (χ0n) is 9.38. The molecule has 4 heteroatoms. The molecule has 3 aromatic rings. The fraction of sp³-hybridized carbons (Fsp3) is 0. The van der Waals surface area contributed by atoms with E-state index in [4.69, 9.17) is 0 Å². The predicted molar refractivity (Wildman–Crippen MR) is 73.7 cm³/mol. The van der Waals surface area contributed by atoms with Crippen LogP contribution in [0.5, 0.6) is 0 Å². The standard InChI is InChI=1S/C14H9BrN2O/c15-11-6-7-13-12(9-18)14(16-17(13)8-11)10-4-2-1-3-5-10/h1-9H. The van der Waals surface area contributed by atoms with Gasteiger partial charge in [0.25, 0.3) is 0 Å². The molecule has 0 atom stereocenters. The molecule has 3 nitrogen and oxygen atoms in total. The zero-order chi connectivity index (χ0) is 12.5. The van der Waals surface area contributed by atoms with Crippen molar-refractivity contribution in [3.05, 3.63) is 58.7 Å². The van der Waals surface area contributed by atoms with Gasteiger partial charge in [-0.1, -0.05) is 30.3 Å². The molecular weight excluding hydrogens is 292 g/mol. The molecule has 1 aromatic carbocycles. The van der Waals surface area contributed by atoms with Gasteiger partial charge in [-0.25, -0.2) is 4.52 Å². The number of hydrogen-bond donors (Lipinski definition) is 0. The summed E-state index contributed by atoms with van der Waals surface area (Å²) in [6, 6.07) is 13.5. The molecule has 88 valence electrons. The summed E-state index contributed by atoms with van der Waals surface area (Å²) in [4.78, 5) is 11.3. The van der Waals surface area contributed by atoms with E-state index in [9.17, 15) is 4.79 Å². The Morgan fingerprint density at radius 2 is 1.89 bits per heavy atom. The molecule has 0 N–H and O–H groups in total. The number of aromatic nitrogens is 2. The molecule has 2 heterocycles. The van der Waals surface area contributed by atoms with Crippen LogP contribution in [0.1, 0.15) is 10.4 Å². The van der Waals surface area contributed by atoms with E-state index in [1.165, 1.54) is 0 Å². The number of halogens is 1. The lowest BCUT2D eigenvalue weighted by atomic mass is 10.1. The largest absolute Gasteiger partial charge is 0.298 e. The van der Waals surface area contributed by atoms with E-state index in [0.29, 0.717) is 11.3 Å². The van der Waals surface area contributed by atoms with Crippen molar-refractivity contribution in [3.8, 4) is 11.3 Å². The molecule has 0 amide bonds. The van der Waals surface area contributed by atoms with Crippen LogP contribution >= 0.6 is 15.9 Å². The Morgan fingerprint density at radius 1 is 1.11 bits per heavy atom. The number of carbonyl (C=O) groups excluding carboxylic acids is 1. The third-order valence-electron chi connectivity index (χ3n) is 2.80. The van der Waals surface area contributed by atoms with E-state index in [0.717, 1.165) is 21.8 Å². The average molecular weight is 301 g/mol. The molecule has 0 aliphatic carbocycles. The van der Waals surface area contributed by atoms with Gasteiger partial charge in [0.1, 0.15) is 5.69 Å². The minimum Gasteiger partial charge on any atom is -0.298 e. The van der Waals surface area contributed by atoms with Crippen molar-refractivity contribution < 1.29 is 4.79 Å². The fourth-order valence-corrected chi connectivity index (χ4v) is 2.29. The quantitative estimate of drug-likeness (QED) is 0.678. The average Bonchev–Trinajstić information content (AvgIpc) is 2.77. The summed E-state index contributed by atoms with van der Waals surface area (Å²) in [7, 11) is 0. The SMILES string of the molecule is O=Cc1c(-c2ccccc2)nn2cc(Br)ccc12. The summed E-state index contributed by atoms with van der Waals surface area (Å²) < 4.78 is 2.64. The van der Waals surface area contributed by atoms with Gasteiger partial charge in [0.05, 0.1) is 11.1 Å². The summed E-state index contributed by atoms with van der Waals surface area (Å²) in [5, 5.41) is 4.47. The van der Waals surface area contributed by atoms with E-state index in [-0.39, 0.29) is 0 Å². The van der Waals surface area contributed by atoms with Gasteiger partial charge < -0.3 is 0 Å². The van der Waals surface area contributed by atoms with Crippen molar-refractivity contribution in [2.24, 2.45) is 0 Å². The smallest absolute Gasteiger partial charge is 0.154 e. The summed E-state index contributed by atoms with van der Waals surface area (Å²) in [5.41, 5.74) is 3.09. The number of benzene rings is 1. The number of fused-ring (bicyclic) bond motifs is 1. The highest BCUT2D eigenvalue weighted by Gasteiger charge is 2.13. The molecule has 0 saturated heterocycles. The molecule has 0 aliphatic rings. The van der Waals surface area contributed by atoms with Gasteiger partial charge >= 0.3 is 0 Å². The van der Waals surface area contributed by atoms with Crippen LogP contribution in [0.3, 0.4) is 0 Å². The van der Waals surface area contributed by atoms with Crippen molar-refractivity contribution in [2.45, 2.75) is 0 Å². The molecule has 0 unspecified atom stereocenters. The van der Waals surface area contributed by atoms with Gasteiger partial charge in [0, 0.05) is 16.2 Å². The molecule has 0 bridgehead atoms. The van der Waals surface area contributed by atoms with Crippen LogP contribution in [-0.2, 0) is 0 Å². The Morgan fingerprint density at radius 3 is 2.61 bits per heavy atom. The first-order chi connectivity index (χ1) is 8.79. The van der Waals surface area contributed by atoms with Gasteiger partial charge in [-0.2, -0.15) is 5.10 Å². The molecule has 0 radical (unpaired) electrons. The number of nitrogens with zero attached hydrogens (tertiary/aromatic N) is 2. The fourth-order valence-electron chi connectivity index (χ4n) is 1.97. The first kappa shape index (κ1) is 11.2. The van der Waals surface area contributed by atoms with Gasteiger partial charge in [0.15, 0.2) is 6.29 Å². The van der Waals surface area contributed by atoms with Crippen molar-refractivity contribution in [1.82, 2.24) is 9.61 Å². The molecular formula is C14H9BrN2O. The highest BCUT2D eigenvalue weighted by molar-refractivity contribution is 9.10. The molecule has 0 spiro atoms. The van der Waals surface area contributed by atoms with Crippen LogP contribution < -0.4 is 0 Å². The van der Waals surface area contributed by atoms with Crippen molar-refractivity contribution in [3.63, 3.8) is 0 Å².